The highest BCUT2D eigenvalue weighted by Crippen LogP contribution is 2.49. The van der Waals surface area contributed by atoms with Crippen molar-refractivity contribution in [3.05, 3.63) is 0 Å². The van der Waals surface area contributed by atoms with Crippen LogP contribution in [0, 0.1) is 0 Å². The van der Waals surface area contributed by atoms with Crippen LogP contribution >= 0.6 is 0 Å². The number of hydrogen-bond acceptors (Lipinski definition) is 2. The lowest BCUT2D eigenvalue weighted by Gasteiger charge is -2.38. The van der Waals surface area contributed by atoms with E-state index in [1.54, 1.807) is 0 Å². The van der Waals surface area contributed by atoms with E-state index in [1.165, 1.54) is 0 Å². The van der Waals surface area contributed by atoms with Gasteiger partial charge in [0.25, 0.3) is 0 Å². The number of halogens is 3. The van der Waals surface area contributed by atoms with E-state index in [2.05, 4.69) is 5.32 Å². The molecule has 2 saturated carbocycles. The van der Waals surface area contributed by atoms with Gasteiger partial charge in [-0.1, -0.05) is 0 Å². The van der Waals surface area contributed by atoms with E-state index in [1.807, 2.05) is 0 Å². The van der Waals surface area contributed by atoms with Crippen molar-refractivity contribution >= 4 is 5.91 Å². The van der Waals surface area contributed by atoms with Gasteiger partial charge in [0.15, 0.2) is 0 Å². The lowest BCUT2D eigenvalue weighted by molar-refractivity contribution is -0.170. The van der Waals surface area contributed by atoms with Gasteiger partial charge in [-0.05, 0) is 32.1 Å². The van der Waals surface area contributed by atoms with Crippen LogP contribution in [0.15, 0.2) is 0 Å². The Kier molecular flexibility index (Phi) is 2.45. The Balaban J connectivity index is 1.88. The van der Waals surface area contributed by atoms with E-state index in [0.717, 1.165) is 19.3 Å². The second-order valence-electron chi connectivity index (χ2n) is 5.02. The zero-order valence-corrected chi connectivity index (χ0v) is 8.86. The maximum atomic E-state index is 12.5. The Bertz CT molecular complexity index is 306. The van der Waals surface area contributed by atoms with Crippen molar-refractivity contribution in [3.63, 3.8) is 0 Å². The zero-order valence-electron chi connectivity index (χ0n) is 8.86. The number of rotatable bonds is 3. The molecule has 0 bridgehead atoms. The third-order valence-corrected chi connectivity index (χ3v) is 3.53. The smallest absolute Gasteiger partial charge is 0.342 e. The summed E-state index contributed by atoms with van der Waals surface area (Å²) >= 11 is 0. The number of alkyl halides is 3. The summed E-state index contributed by atoms with van der Waals surface area (Å²) < 4.78 is 37.6. The monoisotopic (exact) mass is 236 g/mol. The molecule has 0 radical (unpaired) electrons. The molecule has 0 atom stereocenters. The molecule has 6 heteroatoms. The van der Waals surface area contributed by atoms with E-state index in [-0.39, 0.29) is 19.3 Å². The van der Waals surface area contributed by atoms with Crippen molar-refractivity contribution in [2.24, 2.45) is 5.73 Å². The Morgan fingerprint density at radius 2 is 1.81 bits per heavy atom. The topological polar surface area (TPSA) is 55.1 Å². The summed E-state index contributed by atoms with van der Waals surface area (Å²) in [6, 6.07) is 0. The quantitative estimate of drug-likeness (QED) is 0.779. The van der Waals surface area contributed by atoms with Crippen molar-refractivity contribution in [2.45, 2.75) is 55.8 Å². The van der Waals surface area contributed by atoms with Gasteiger partial charge in [-0.15, -0.1) is 0 Å². The average Bonchev–Trinajstić information content (AvgIpc) is 2.81. The Morgan fingerprint density at radius 1 is 1.25 bits per heavy atom. The first-order valence-electron chi connectivity index (χ1n) is 5.43. The molecule has 2 aliphatic carbocycles. The molecular weight excluding hydrogens is 221 g/mol. The van der Waals surface area contributed by atoms with Crippen molar-refractivity contribution in [2.75, 3.05) is 0 Å². The van der Waals surface area contributed by atoms with Gasteiger partial charge >= 0.3 is 6.18 Å². The van der Waals surface area contributed by atoms with E-state index >= 15 is 0 Å². The van der Waals surface area contributed by atoms with Gasteiger partial charge in [0, 0.05) is 12.0 Å². The van der Waals surface area contributed by atoms with Gasteiger partial charge in [0.1, 0.15) is 5.54 Å². The summed E-state index contributed by atoms with van der Waals surface area (Å²) in [5.74, 6) is -0.572. The number of hydrogen-bond donors (Lipinski definition) is 2. The van der Waals surface area contributed by atoms with Crippen LogP contribution in [0.2, 0.25) is 0 Å². The molecule has 2 fully saturated rings. The van der Waals surface area contributed by atoms with E-state index in [0.29, 0.717) is 0 Å². The van der Waals surface area contributed by atoms with Crippen molar-refractivity contribution in [3.8, 4) is 0 Å². The Hall–Kier alpha value is -0.780. The first kappa shape index (κ1) is 11.7. The van der Waals surface area contributed by atoms with Gasteiger partial charge in [-0.3, -0.25) is 4.79 Å². The number of carbonyl (C=O) groups excluding carboxylic acids is 1. The highest BCUT2D eigenvalue weighted by Gasteiger charge is 2.64. The average molecular weight is 236 g/mol. The number of nitrogens with two attached hydrogens (primary N) is 1. The van der Waals surface area contributed by atoms with Crippen LogP contribution in [-0.4, -0.2) is 23.2 Å². The maximum absolute atomic E-state index is 12.5. The van der Waals surface area contributed by atoms with Crippen LogP contribution in [0.4, 0.5) is 13.2 Å². The number of nitrogens with one attached hydrogen (secondary N) is 1. The Morgan fingerprint density at radius 3 is 2.12 bits per heavy atom. The predicted octanol–water partition coefficient (Wildman–Crippen LogP) is 1.47. The maximum Gasteiger partial charge on any atom is 0.411 e. The number of amides is 1. The molecule has 3 nitrogen and oxygen atoms in total. The van der Waals surface area contributed by atoms with Gasteiger partial charge in [-0.2, -0.15) is 13.2 Å². The lowest BCUT2D eigenvalue weighted by Crippen LogP contribution is -2.54. The van der Waals surface area contributed by atoms with E-state index < -0.39 is 23.2 Å². The molecule has 0 aromatic heterocycles. The first-order chi connectivity index (χ1) is 7.27. The summed E-state index contributed by atoms with van der Waals surface area (Å²) in [4.78, 5) is 11.5. The van der Waals surface area contributed by atoms with Gasteiger partial charge in [-0.25, -0.2) is 0 Å². The molecule has 16 heavy (non-hydrogen) atoms. The zero-order chi connectivity index (χ0) is 12.0. The molecule has 0 spiro atoms. The first-order valence-corrected chi connectivity index (χ1v) is 5.43. The molecule has 0 aliphatic heterocycles. The van der Waals surface area contributed by atoms with Crippen LogP contribution in [0.3, 0.4) is 0 Å². The van der Waals surface area contributed by atoms with Crippen molar-refractivity contribution in [1.29, 1.82) is 0 Å². The van der Waals surface area contributed by atoms with Crippen LogP contribution in [0.25, 0.3) is 0 Å². The largest absolute Gasteiger partial charge is 0.411 e. The summed E-state index contributed by atoms with van der Waals surface area (Å²) in [5, 5.41) is 2.09. The van der Waals surface area contributed by atoms with E-state index in [9.17, 15) is 18.0 Å². The summed E-state index contributed by atoms with van der Waals surface area (Å²) in [6.45, 7) is 0. The van der Waals surface area contributed by atoms with Crippen LogP contribution in [0.5, 0.6) is 0 Å². The minimum atomic E-state index is -4.34. The highest BCUT2D eigenvalue weighted by atomic mass is 19.4. The number of carbonyl (C=O) groups is 1. The molecular formula is C10H15F3N2O. The fourth-order valence-electron chi connectivity index (χ4n) is 2.04. The summed E-state index contributed by atoms with van der Waals surface area (Å²) in [5.41, 5.74) is 3.29. The molecule has 0 heterocycles. The second-order valence-corrected chi connectivity index (χ2v) is 5.02. The normalized spacial score (nSPS) is 25.8. The molecule has 2 aliphatic rings. The third kappa shape index (κ3) is 2.03. The molecule has 1 amide bonds. The molecule has 0 aromatic rings. The van der Waals surface area contributed by atoms with Gasteiger partial charge in [0.05, 0.1) is 0 Å². The van der Waals surface area contributed by atoms with Gasteiger partial charge < -0.3 is 11.1 Å². The standard InChI is InChI=1S/C10H15F3N2O/c11-10(12,13)9(4-5-9)15-7(16)6-8(14)2-1-3-8/h1-6,14H2,(H,15,16). The lowest BCUT2D eigenvalue weighted by atomic mass is 9.75. The molecule has 0 aromatic carbocycles. The third-order valence-electron chi connectivity index (χ3n) is 3.53. The molecule has 3 N–H and O–H groups in total. The molecule has 0 saturated heterocycles. The molecule has 0 unspecified atom stereocenters. The van der Waals surface area contributed by atoms with Crippen LogP contribution in [0.1, 0.15) is 38.5 Å². The second kappa shape index (κ2) is 3.35. The van der Waals surface area contributed by atoms with Gasteiger partial charge in [0.2, 0.25) is 5.91 Å². The fourth-order valence-corrected chi connectivity index (χ4v) is 2.04. The van der Waals surface area contributed by atoms with Crippen LogP contribution < -0.4 is 11.1 Å². The van der Waals surface area contributed by atoms with Crippen LogP contribution in [-0.2, 0) is 4.79 Å². The Labute approximate surface area is 91.6 Å². The van der Waals surface area contributed by atoms with E-state index in [4.69, 9.17) is 5.73 Å². The summed E-state index contributed by atoms with van der Waals surface area (Å²) in [6.07, 6.45) is -1.97. The minimum absolute atomic E-state index is 0.00479. The van der Waals surface area contributed by atoms with Crippen molar-refractivity contribution in [1.82, 2.24) is 5.32 Å². The summed E-state index contributed by atoms with van der Waals surface area (Å²) in [7, 11) is 0. The fraction of sp³-hybridized carbons (Fsp3) is 0.900. The predicted molar refractivity (Wildman–Crippen MR) is 51.5 cm³/mol. The SMILES string of the molecule is NC1(CC(=O)NC2(C(F)(F)F)CC2)CCC1. The minimum Gasteiger partial charge on any atom is -0.342 e. The molecule has 92 valence electrons. The highest BCUT2D eigenvalue weighted by molar-refractivity contribution is 5.78. The molecule has 2 rings (SSSR count). The van der Waals surface area contributed by atoms with Crippen molar-refractivity contribution < 1.29 is 18.0 Å².